The Hall–Kier alpha value is -2.73. The van der Waals surface area contributed by atoms with E-state index in [9.17, 15) is 14.0 Å². The number of carbonyl (C=O) groups excluding carboxylic acids is 2. The average Bonchev–Trinajstić information content (AvgIpc) is 2.64. The van der Waals surface area contributed by atoms with Gasteiger partial charge in [-0.1, -0.05) is 26.0 Å². The van der Waals surface area contributed by atoms with Gasteiger partial charge >= 0.3 is 5.97 Å². The predicted molar refractivity (Wildman–Crippen MR) is 102 cm³/mol. The summed E-state index contributed by atoms with van der Waals surface area (Å²) in [5.74, 6) is -0.521. The summed E-state index contributed by atoms with van der Waals surface area (Å²) >= 11 is 0. The zero-order valence-electron chi connectivity index (χ0n) is 15.9. The molecule has 1 amide bonds. The van der Waals surface area contributed by atoms with Crippen molar-refractivity contribution >= 4 is 17.6 Å². The van der Waals surface area contributed by atoms with E-state index in [-0.39, 0.29) is 36.2 Å². The molecule has 0 spiro atoms. The number of halogens is 1. The van der Waals surface area contributed by atoms with E-state index in [2.05, 4.69) is 19.2 Å². The first-order valence-electron chi connectivity index (χ1n) is 9.06. The molecule has 0 heterocycles. The Kier molecular flexibility index (Phi) is 7.49. The Morgan fingerprint density at radius 3 is 2.26 bits per heavy atom. The molecule has 2 aromatic rings. The maximum atomic E-state index is 13.1. The van der Waals surface area contributed by atoms with Gasteiger partial charge in [0, 0.05) is 17.2 Å². The maximum absolute atomic E-state index is 13.1. The normalized spacial score (nSPS) is 11.9. The van der Waals surface area contributed by atoms with Crippen LogP contribution in [-0.2, 0) is 9.53 Å². The number of hydrogen-bond donors (Lipinski definition) is 2. The quantitative estimate of drug-likeness (QED) is 0.699. The standard InChI is InChI=1S/C21H25FN2O3/c1-4-27-21(26)16-7-11-18(12-8-16)24-19(25)13-23-20(14(2)3)15-5-9-17(22)10-6-15/h5-12,14,20,23H,4,13H2,1-3H3,(H,24,25)/p+1/t20-/m1/s1. The lowest BCUT2D eigenvalue weighted by Crippen LogP contribution is -2.88. The van der Waals surface area contributed by atoms with Crippen LogP contribution in [0.5, 0.6) is 0 Å². The minimum atomic E-state index is -0.386. The maximum Gasteiger partial charge on any atom is 0.338 e. The second-order valence-electron chi connectivity index (χ2n) is 6.61. The molecule has 2 rings (SSSR count). The van der Waals surface area contributed by atoms with Gasteiger partial charge in [-0.15, -0.1) is 0 Å². The van der Waals surface area contributed by atoms with Gasteiger partial charge < -0.3 is 15.4 Å². The molecule has 6 heteroatoms. The predicted octanol–water partition coefficient (Wildman–Crippen LogP) is 2.90. The number of carbonyl (C=O) groups is 2. The third-order valence-electron chi connectivity index (χ3n) is 4.21. The number of nitrogens with one attached hydrogen (secondary N) is 1. The monoisotopic (exact) mass is 373 g/mol. The third kappa shape index (κ3) is 6.18. The Labute approximate surface area is 158 Å². The first kappa shape index (κ1) is 20.6. The van der Waals surface area contributed by atoms with Gasteiger partial charge in [-0.3, -0.25) is 4.79 Å². The number of nitrogens with two attached hydrogens (primary N) is 1. The van der Waals surface area contributed by atoms with Crippen molar-refractivity contribution in [2.75, 3.05) is 18.5 Å². The highest BCUT2D eigenvalue weighted by molar-refractivity contribution is 5.93. The fourth-order valence-electron chi connectivity index (χ4n) is 2.83. The fraction of sp³-hybridized carbons (Fsp3) is 0.333. The van der Waals surface area contributed by atoms with Crippen LogP contribution in [0.2, 0.25) is 0 Å². The van der Waals surface area contributed by atoms with E-state index in [1.54, 1.807) is 43.3 Å². The van der Waals surface area contributed by atoms with Crippen molar-refractivity contribution in [3.05, 3.63) is 65.5 Å². The Bertz CT molecular complexity index is 758. The van der Waals surface area contributed by atoms with Gasteiger partial charge in [0.1, 0.15) is 11.9 Å². The molecule has 27 heavy (non-hydrogen) atoms. The minimum absolute atomic E-state index is 0.0579. The average molecular weight is 373 g/mol. The van der Waals surface area contributed by atoms with Crippen LogP contribution in [0, 0.1) is 11.7 Å². The molecule has 2 aromatic carbocycles. The van der Waals surface area contributed by atoms with E-state index in [0.717, 1.165) is 5.56 Å². The van der Waals surface area contributed by atoms with Crippen LogP contribution < -0.4 is 10.6 Å². The molecule has 3 N–H and O–H groups in total. The lowest BCUT2D eigenvalue weighted by Gasteiger charge is -2.19. The number of rotatable bonds is 8. The second-order valence-corrected chi connectivity index (χ2v) is 6.61. The lowest BCUT2D eigenvalue weighted by molar-refractivity contribution is -0.692. The van der Waals surface area contributed by atoms with Crippen LogP contribution >= 0.6 is 0 Å². The van der Waals surface area contributed by atoms with Crippen LogP contribution in [0.1, 0.15) is 42.7 Å². The van der Waals surface area contributed by atoms with Gasteiger partial charge in [0.15, 0.2) is 6.54 Å². The van der Waals surface area contributed by atoms with Gasteiger partial charge in [-0.2, -0.15) is 0 Å². The number of ether oxygens (including phenoxy) is 1. The molecule has 144 valence electrons. The van der Waals surface area contributed by atoms with Gasteiger partial charge in [-0.05, 0) is 43.3 Å². The second kappa shape index (κ2) is 9.83. The highest BCUT2D eigenvalue weighted by Crippen LogP contribution is 2.18. The first-order valence-corrected chi connectivity index (χ1v) is 9.06. The summed E-state index contributed by atoms with van der Waals surface area (Å²) in [7, 11) is 0. The van der Waals surface area contributed by atoms with Crippen LogP contribution in [-0.4, -0.2) is 25.0 Å². The van der Waals surface area contributed by atoms with Gasteiger partial charge in [-0.25, -0.2) is 9.18 Å². The zero-order chi connectivity index (χ0) is 19.8. The third-order valence-corrected chi connectivity index (χ3v) is 4.21. The largest absolute Gasteiger partial charge is 0.462 e. The summed E-state index contributed by atoms with van der Waals surface area (Å²) < 4.78 is 18.1. The lowest BCUT2D eigenvalue weighted by atomic mass is 9.96. The Morgan fingerprint density at radius 2 is 1.70 bits per heavy atom. The van der Waals surface area contributed by atoms with Gasteiger partial charge in [0.05, 0.1) is 12.2 Å². The van der Waals surface area contributed by atoms with E-state index in [4.69, 9.17) is 4.74 Å². The number of hydrogen-bond acceptors (Lipinski definition) is 3. The number of esters is 1. The number of amides is 1. The van der Waals surface area contributed by atoms with Gasteiger partial charge in [0.25, 0.3) is 5.91 Å². The highest BCUT2D eigenvalue weighted by Gasteiger charge is 2.20. The molecular formula is C21H26FN2O3+. The van der Waals surface area contributed by atoms with Crippen LogP contribution in [0.4, 0.5) is 10.1 Å². The minimum Gasteiger partial charge on any atom is -0.462 e. The van der Waals surface area contributed by atoms with Crippen molar-refractivity contribution in [3.63, 3.8) is 0 Å². The molecule has 0 saturated heterocycles. The summed E-state index contributed by atoms with van der Waals surface area (Å²) in [6, 6.07) is 13.0. The molecule has 0 aromatic heterocycles. The van der Waals surface area contributed by atoms with Crippen molar-refractivity contribution in [2.45, 2.75) is 26.8 Å². The summed E-state index contributed by atoms with van der Waals surface area (Å²) in [6.45, 7) is 6.44. The van der Waals surface area contributed by atoms with Crippen molar-refractivity contribution in [2.24, 2.45) is 5.92 Å². The Morgan fingerprint density at radius 1 is 1.07 bits per heavy atom. The number of anilines is 1. The summed E-state index contributed by atoms with van der Waals surface area (Å²) in [6.07, 6.45) is 0. The molecule has 0 aliphatic heterocycles. The van der Waals surface area contributed by atoms with E-state index in [0.29, 0.717) is 17.9 Å². The molecular weight excluding hydrogens is 347 g/mol. The molecule has 0 saturated carbocycles. The molecule has 0 radical (unpaired) electrons. The van der Waals surface area contributed by atoms with E-state index < -0.39 is 0 Å². The molecule has 0 aliphatic carbocycles. The summed E-state index contributed by atoms with van der Waals surface area (Å²) in [5.41, 5.74) is 2.04. The fourth-order valence-corrected chi connectivity index (χ4v) is 2.83. The molecule has 0 unspecified atom stereocenters. The number of benzene rings is 2. The van der Waals surface area contributed by atoms with Crippen LogP contribution in [0.15, 0.2) is 48.5 Å². The van der Waals surface area contributed by atoms with Crippen molar-refractivity contribution in [1.29, 1.82) is 0 Å². The topological polar surface area (TPSA) is 72.0 Å². The van der Waals surface area contributed by atoms with Crippen molar-refractivity contribution in [1.82, 2.24) is 0 Å². The summed E-state index contributed by atoms with van der Waals surface area (Å²) in [4.78, 5) is 23.9. The Balaban J connectivity index is 1.92. The van der Waals surface area contributed by atoms with Crippen LogP contribution in [0.3, 0.4) is 0 Å². The molecule has 0 fully saturated rings. The van der Waals surface area contributed by atoms with E-state index in [1.807, 2.05) is 5.32 Å². The van der Waals surface area contributed by atoms with Gasteiger partial charge in [0.2, 0.25) is 0 Å². The molecule has 0 aliphatic rings. The molecule has 5 nitrogen and oxygen atoms in total. The molecule has 0 bridgehead atoms. The van der Waals surface area contributed by atoms with Crippen molar-refractivity contribution < 1.29 is 24.0 Å². The summed E-state index contributed by atoms with van der Waals surface area (Å²) in [5, 5.41) is 4.76. The highest BCUT2D eigenvalue weighted by atomic mass is 19.1. The van der Waals surface area contributed by atoms with E-state index >= 15 is 0 Å². The number of quaternary nitrogens is 1. The van der Waals surface area contributed by atoms with Crippen molar-refractivity contribution in [3.8, 4) is 0 Å². The smallest absolute Gasteiger partial charge is 0.338 e. The van der Waals surface area contributed by atoms with Crippen LogP contribution in [0.25, 0.3) is 0 Å². The zero-order valence-corrected chi connectivity index (χ0v) is 15.9. The van der Waals surface area contributed by atoms with E-state index in [1.165, 1.54) is 12.1 Å². The molecule has 1 atom stereocenters. The first-order chi connectivity index (χ1) is 12.9. The SMILES string of the molecule is CCOC(=O)c1ccc(NC(=O)C[NH2+][C@@H](c2ccc(F)cc2)C(C)C)cc1.